The summed E-state index contributed by atoms with van der Waals surface area (Å²) < 4.78 is 19.0. The standard InChI is InChI=1S/C33H46N2O5S/c1-5-7-9-11-19-33(20-12-10-8-6-2)29-24-27(16-17-30(29)34-32(37)39-33)38-22-14-13-21-35(40-41)31-18-15-25(3)23-28(31)26(4)36/h15-18,21,23-24H,5-14,19-20,22H2,1-4H3,(H-,34,37,41)/p+1. The first-order valence-electron chi connectivity index (χ1n) is 15.2. The van der Waals surface area contributed by atoms with Crippen molar-refractivity contribution in [3.63, 3.8) is 0 Å². The predicted octanol–water partition coefficient (Wildman–Crippen LogP) is 9.25. The number of carbonyl (C=O) groups excluding carboxylic acids is 2. The summed E-state index contributed by atoms with van der Waals surface area (Å²) in [5.74, 6) is 0.727. The van der Waals surface area contributed by atoms with Gasteiger partial charge in [0, 0.05) is 22.8 Å². The van der Waals surface area contributed by atoms with E-state index in [4.69, 9.17) is 13.8 Å². The highest BCUT2D eigenvalue weighted by atomic mass is 32.1. The van der Waals surface area contributed by atoms with Crippen LogP contribution in [0.15, 0.2) is 36.4 Å². The van der Waals surface area contributed by atoms with Crippen LogP contribution in [-0.2, 0) is 14.6 Å². The molecule has 3 rings (SSSR count). The molecular formula is C33H47N2O5S+. The van der Waals surface area contributed by atoms with E-state index in [1.165, 1.54) is 17.6 Å². The highest BCUT2D eigenvalue weighted by Gasteiger charge is 2.41. The number of unbranched alkanes of at least 4 members (excludes halogenated alkanes) is 7. The fourth-order valence-electron chi connectivity index (χ4n) is 5.42. The summed E-state index contributed by atoms with van der Waals surface area (Å²) >= 11 is 4.00. The molecule has 0 atom stereocenters. The van der Waals surface area contributed by atoms with E-state index in [0.717, 1.165) is 80.4 Å². The SMILES string of the molecule is CCCCCCC1(CCCCCC)OC(=O)Nc2ccc(OCCCC=[N+](OS)c3ccc(C)cc3C(C)=O)cc21. The van der Waals surface area contributed by atoms with E-state index in [0.29, 0.717) is 24.3 Å². The highest BCUT2D eigenvalue weighted by Crippen LogP contribution is 2.45. The number of nitrogens with zero attached hydrogens (tertiary/aromatic N) is 1. The van der Waals surface area contributed by atoms with Gasteiger partial charge in [0.15, 0.2) is 5.78 Å². The number of hydrogen-bond acceptors (Lipinski definition) is 6. The van der Waals surface area contributed by atoms with Crippen molar-refractivity contribution in [3.8, 4) is 5.75 Å². The minimum atomic E-state index is -0.626. The van der Waals surface area contributed by atoms with Crippen molar-refractivity contribution in [2.24, 2.45) is 0 Å². The van der Waals surface area contributed by atoms with Crippen molar-refractivity contribution in [1.29, 1.82) is 0 Å². The van der Waals surface area contributed by atoms with Gasteiger partial charge in [-0.15, -0.1) is 0 Å². The van der Waals surface area contributed by atoms with Gasteiger partial charge in [-0.2, -0.15) is 4.28 Å². The number of carbonyl (C=O) groups is 2. The first kappa shape index (κ1) is 32.5. The van der Waals surface area contributed by atoms with Gasteiger partial charge in [-0.3, -0.25) is 10.1 Å². The molecule has 224 valence electrons. The molecule has 1 amide bonds. The lowest BCUT2D eigenvalue weighted by Crippen LogP contribution is -2.39. The van der Waals surface area contributed by atoms with E-state index in [9.17, 15) is 9.59 Å². The second kappa shape index (κ2) is 16.4. The number of aryl methyl sites for hydroxylation is 1. The molecular weight excluding hydrogens is 536 g/mol. The Kier molecular flexibility index (Phi) is 13.0. The average Bonchev–Trinajstić information content (AvgIpc) is 2.96. The zero-order valence-corrected chi connectivity index (χ0v) is 26.1. The molecule has 2 aromatic rings. The molecule has 0 saturated carbocycles. The summed E-state index contributed by atoms with van der Waals surface area (Å²) in [4.78, 5) is 24.7. The van der Waals surface area contributed by atoms with Gasteiger partial charge < -0.3 is 9.47 Å². The number of fused-ring (bicyclic) bond motifs is 1. The van der Waals surface area contributed by atoms with Gasteiger partial charge in [-0.05, 0) is 75.8 Å². The topological polar surface area (TPSA) is 76.9 Å². The van der Waals surface area contributed by atoms with E-state index in [-0.39, 0.29) is 11.9 Å². The predicted molar refractivity (Wildman–Crippen MR) is 168 cm³/mol. The second-order valence-electron chi connectivity index (χ2n) is 11.0. The number of amides is 1. The van der Waals surface area contributed by atoms with Crippen molar-refractivity contribution in [1.82, 2.24) is 0 Å². The third-order valence-electron chi connectivity index (χ3n) is 7.64. The number of rotatable bonds is 18. The molecule has 0 spiro atoms. The number of thiol groups is 1. The molecule has 1 heterocycles. The average molecular weight is 584 g/mol. The third kappa shape index (κ3) is 9.25. The minimum Gasteiger partial charge on any atom is -0.494 e. The molecule has 8 heteroatoms. The summed E-state index contributed by atoms with van der Waals surface area (Å²) in [6.45, 7) is 8.40. The minimum absolute atomic E-state index is 0.0322. The van der Waals surface area contributed by atoms with Crippen molar-refractivity contribution in [3.05, 3.63) is 53.1 Å². The second-order valence-corrected chi connectivity index (χ2v) is 11.2. The molecule has 2 aromatic carbocycles. The largest absolute Gasteiger partial charge is 0.494 e. The molecule has 41 heavy (non-hydrogen) atoms. The van der Waals surface area contributed by atoms with Crippen molar-refractivity contribution < 1.29 is 28.1 Å². The molecule has 0 fully saturated rings. The number of hydrogen-bond donors (Lipinski definition) is 2. The monoisotopic (exact) mass is 583 g/mol. The smallest absolute Gasteiger partial charge is 0.412 e. The van der Waals surface area contributed by atoms with Crippen LogP contribution in [0.2, 0.25) is 0 Å². The number of ether oxygens (including phenoxy) is 2. The lowest BCUT2D eigenvalue weighted by atomic mass is 9.81. The van der Waals surface area contributed by atoms with Crippen LogP contribution in [0.3, 0.4) is 0 Å². The maximum Gasteiger partial charge on any atom is 0.412 e. The Morgan fingerprint density at radius 2 is 1.71 bits per heavy atom. The fourth-order valence-corrected chi connectivity index (χ4v) is 5.57. The van der Waals surface area contributed by atoms with Crippen LogP contribution in [0.5, 0.6) is 5.75 Å². The summed E-state index contributed by atoms with van der Waals surface area (Å²) in [5.41, 5.74) is 3.45. The van der Waals surface area contributed by atoms with Crippen LogP contribution in [0.1, 0.15) is 119 Å². The summed E-state index contributed by atoms with van der Waals surface area (Å²) in [6.07, 6.45) is 13.5. The lowest BCUT2D eigenvalue weighted by molar-refractivity contribution is -0.672. The van der Waals surface area contributed by atoms with E-state index in [1.54, 1.807) is 6.92 Å². The summed E-state index contributed by atoms with van der Waals surface area (Å²) in [6, 6.07) is 11.5. The number of cyclic esters (lactones) is 1. The Balaban J connectivity index is 1.70. The lowest BCUT2D eigenvalue weighted by Gasteiger charge is -2.39. The van der Waals surface area contributed by atoms with Gasteiger partial charge in [0.05, 0.1) is 17.9 Å². The van der Waals surface area contributed by atoms with Gasteiger partial charge in [0.2, 0.25) is 6.21 Å². The molecule has 1 N–H and O–H groups in total. The summed E-state index contributed by atoms with van der Waals surface area (Å²) in [7, 11) is 0. The Bertz CT molecular complexity index is 1180. The first-order valence-corrected chi connectivity index (χ1v) is 15.5. The van der Waals surface area contributed by atoms with Crippen LogP contribution in [0.25, 0.3) is 0 Å². The molecule has 0 unspecified atom stereocenters. The Labute approximate surface area is 251 Å². The quantitative estimate of drug-likeness (QED) is 0.0348. The zero-order valence-electron chi connectivity index (χ0n) is 25.2. The zero-order chi connectivity index (χ0) is 29.7. The van der Waals surface area contributed by atoms with Crippen molar-refractivity contribution in [2.75, 3.05) is 11.9 Å². The number of Topliss-reactive ketones (excluding diaryl/α,β-unsaturated/α-hetero) is 1. The van der Waals surface area contributed by atoms with Gasteiger partial charge >= 0.3 is 6.09 Å². The number of ketones is 1. The van der Waals surface area contributed by atoms with Gasteiger partial charge in [-0.1, -0.05) is 58.4 Å². The first-order chi connectivity index (χ1) is 19.8. The Morgan fingerprint density at radius 3 is 2.34 bits per heavy atom. The molecule has 7 nitrogen and oxygen atoms in total. The molecule has 0 radical (unpaired) electrons. The van der Waals surface area contributed by atoms with Crippen LogP contribution in [0, 0.1) is 6.92 Å². The van der Waals surface area contributed by atoms with Crippen LogP contribution in [0.4, 0.5) is 16.2 Å². The number of benzene rings is 2. The van der Waals surface area contributed by atoms with E-state index >= 15 is 0 Å². The van der Waals surface area contributed by atoms with E-state index in [1.807, 2.05) is 49.5 Å². The molecule has 0 bridgehead atoms. The van der Waals surface area contributed by atoms with Crippen LogP contribution >= 0.6 is 12.9 Å². The highest BCUT2D eigenvalue weighted by molar-refractivity contribution is 7.74. The number of anilines is 1. The van der Waals surface area contributed by atoms with E-state index in [2.05, 4.69) is 32.1 Å². The maximum atomic E-state index is 12.6. The Morgan fingerprint density at radius 1 is 1.00 bits per heavy atom. The van der Waals surface area contributed by atoms with Gasteiger partial charge in [-0.25, -0.2) is 4.79 Å². The van der Waals surface area contributed by atoms with E-state index < -0.39 is 5.60 Å². The molecule has 1 aliphatic rings. The molecule has 0 saturated heterocycles. The third-order valence-corrected chi connectivity index (χ3v) is 7.82. The molecule has 0 aromatic heterocycles. The molecule has 1 aliphatic heterocycles. The van der Waals surface area contributed by atoms with Crippen molar-refractivity contribution >= 4 is 42.4 Å². The van der Waals surface area contributed by atoms with Crippen LogP contribution < -0.4 is 10.1 Å². The van der Waals surface area contributed by atoms with Gasteiger partial charge in [0.25, 0.3) is 5.69 Å². The Hall–Kier alpha value is -3.00. The van der Waals surface area contributed by atoms with Gasteiger partial charge in [0.1, 0.15) is 24.3 Å². The normalized spacial score (nSPS) is 14.2. The maximum absolute atomic E-state index is 12.6. The summed E-state index contributed by atoms with van der Waals surface area (Å²) in [5, 5.41) is 2.90. The van der Waals surface area contributed by atoms with Crippen molar-refractivity contribution in [2.45, 2.75) is 110 Å². The number of nitrogens with one attached hydrogen (secondary N) is 1. The fraction of sp³-hybridized carbons (Fsp3) is 0.545. The van der Waals surface area contributed by atoms with Crippen LogP contribution in [-0.4, -0.2) is 29.4 Å². The molecule has 0 aliphatic carbocycles.